The molecule has 0 bridgehead atoms. The lowest BCUT2D eigenvalue weighted by atomic mass is 9.88. The van der Waals surface area contributed by atoms with E-state index in [1.807, 2.05) is 0 Å². The van der Waals surface area contributed by atoms with E-state index in [0.29, 0.717) is 19.4 Å². The highest BCUT2D eigenvalue weighted by Crippen LogP contribution is 2.28. The Morgan fingerprint density at radius 3 is 2.38 bits per heavy atom. The molecule has 11 heteroatoms. The molecule has 1 aromatic carbocycles. The molecule has 3 aliphatic rings. The summed E-state index contributed by atoms with van der Waals surface area (Å²) in [6.07, 6.45) is 5.82. The molecule has 186 valence electrons. The molecule has 0 radical (unpaired) electrons. The van der Waals surface area contributed by atoms with Crippen LogP contribution in [0.1, 0.15) is 44.9 Å². The van der Waals surface area contributed by atoms with Gasteiger partial charge in [0.15, 0.2) is 0 Å². The molecule has 1 aliphatic carbocycles. The van der Waals surface area contributed by atoms with Gasteiger partial charge in [-0.1, -0.05) is 19.3 Å². The van der Waals surface area contributed by atoms with Gasteiger partial charge in [0.1, 0.15) is 17.9 Å². The fraction of sp³-hybridized carbons (Fsp3) is 0.609. The average molecular weight is 495 g/mol. The van der Waals surface area contributed by atoms with E-state index in [2.05, 4.69) is 10.6 Å². The van der Waals surface area contributed by atoms with Crippen LogP contribution in [0.15, 0.2) is 29.2 Å². The molecule has 34 heavy (non-hydrogen) atoms. The van der Waals surface area contributed by atoms with E-state index >= 15 is 0 Å². The first-order chi connectivity index (χ1) is 16.3. The van der Waals surface area contributed by atoms with Gasteiger partial charge in [0.25, 0.3) is 0 Å². The van der Waals surface area contributed by atoms with Crippen molar-refractivity contribution in [3.05, 3.63) is 30.1 Å². The summed E-state index contributed by atoms with van der Waals surface area (Å²) in [6, 6.07) is 2.49. The Hall–Kier alpha value is -2.53. The average Bonchev–Trinajstić information content (AvgIpc) is 2.85. The molecule has 2 atom stereocenters. The summed E-state index contributed by atoms with van der Waals surface area (Å²) in [5.74, 6) is -1.65. The second kappa shape index (κ2) is 10.4. The van der Waals surface area contributed by atoms with Crippen LogP contribution in [0.5, 0.6) is 0 Å². The van der Waals surface area contributed by atoms with Gasteiger partial charge in [0.2, 0.25) is 27.7 Å². The van der Waals surface area contributed by atoms with Gasteiger partial charge in [-0.15, -0.1) is 0 Å². The highest BCUT2D eigenvalue weighted by molar-refractivity contribution is 7.89. The molecule has 1 saturated carbocycles. The number of hydrogen-bond donors (Lipinski definition) is 2. The second-order valence-corrected chi connectivity index (χ2v) is 11.1. The van der Waals surface area contributed by atoms with Crippen molar-refractivity contribution in [2.75, 3.05) is 26.2 Å². The van der Waals surface area contributed by atoms with Crippen LogP contribution in [-0.2, 0) is 24.4 Å². The Balaban J connectivity index is 1.58. The Morgan fingerprint density at radius 2 is 1.71 bits per heavy atom. The van der Waals surface area contributed by atoms with Crippen molar-refractivity contribution in [1.82, 2.24) is 19.8 Å². The fourth-order valence-electron chi connectivity index (χ4n) is 5.00. The molecule has 0 aromatic heterocycles. The van der Waals surface area contributed by atoms with Gasteiger partial charge in [-0.05, 0) is 49.9 Å². The summed E-state index contributed by atoms with van der Waals surface area (Å²) in [5, 5.41) is 5.38. The molecule has 2 saturated heterocycles. The minimum Gasteiger partial charge on any atom is -0.354 e. The number of carbonyl (C=O) groups excluding carboxylic acids is 3. The van der Waals surface area contributed by atoms with Gasteiger partial charge >= 0.3 is 0 Å². The first-order valence-corrected chi connectivity index (χ1v) is 13.4. The largest absolute Gasteiger partial charge is 0.354 e. The Kier molecular flexibility index (Phi) is 7.51. The van der Waals surface area contributed by atoms with Gasteiger partial charge in [-0.2, -0.15) is 4.31 Å². The Bertz CT molecular complexity index is 1030. The molecule has 1 aromatic rings. The minimum absolute atomic E-state index is 0.0493. The third-order valence-corrected chi connectivity index (χ3v) is 8.84. The summed E-state index contributed by atoms with van der Waals surface area (Å²) >= 11 is 0. The number of sulfonamides is 1. The van der Waals surface area contributed by atoms with Gasteiger partial charge in [0.05, 0.1) is 4.90 Å². The maximum Gasteiger partial charge on any atom is 0.243 e. The van der Waals surface area contributed by atoms with Crippen molar-refractivity contribution in [2.24, 2.45) is 5.92 Å². The molecule has 3 amide bonds. The Morgan fingerprint density at radius 1 is 1.00 bits per heavy atom. The zero-order chi connectivity index (χ0) is 24.3. The maximum absolute atomic E-state index is 13.4. The number of piperidine rings is 1. The number of carbonyl (C=O) groups is 3. The van der Waals surface area contributed by atoms with Crippen molar-refractivity contribution < 1.29 is 27.2 Å². The van der Waals surface area contributed by atoms with Gasteiger partial charge in [-0.25, -0.2) is 12.8 Å². The van der Waals surface area contributed by atoms with E-state index in [1.165, 1.54) is 0 Å². The third kappa shape index (κ3) is 5.25. The summed E-state index contributed by atoms with van der Waals surface area (Å²) < 4.78 is 41.2. The minimum atomic E-state index is -4.13. The van der Waals surface area contributed by atoms with Gasteiger partial charge in [0, 0.05) is 32.1 Å². The Labute approximate surface area is 199 Å². The van der Waals surface area contributed by atoms with Crippen molar-refractivity contribution in [3.8, 4) is 0 Å². The van der Waals surface area contributed by atoms with Crippen LogP contribution in [0.2, 0.25) is 0 Å². The van der Waals surface area contributed by atoms with Gasteiger partial charge < -0.3 is 15.5 Å². The van der Waals surface area contributed by atoms with Gasteiger partial charge in [-0.3, -0.25) is 14.4 Å². The smallest absolute Gasteiger partial charge is 0.243 e. The second-order valence-electron chi connectivity index (χ2n) is 9.20. The molecule has 0 spiro atoms. The van der Waals surface area contributed by atoms with Crippen LogP contribution >= 0.6 is 0 Å². The molecule has 9 nitrogen and oxygen atoms in total. The normalized spacial score (nSPS) is 25.0. The van der Waals surface area contributed by atoms with E-state index in [0.717, 1.165) is 60.7 Å². The van der Waals surface area contributed by atoms with E-state index in [-0.39, 0.29) is 42.3 Å². The fourth-order valence-corrected chi connectivity index (χ4v) is 6.57. The number of nitrogens with one attached hydrogen (secondary N) is 2. The lowest BCUT2D eigenvalue weighted by Crippen LogP contribution is -2.64. The molecule has 2 heterocycles. The predicted octanol–water partition coefficient (Wildman–Crippen LogP) is 1.00. The zero-order valence-electron chi connectivity index (χ0n) is 19.0. The molecule has 4 rings (SSSR count). The summed E-state index contributed by atoms with van der Waals surface area (Å²) in [6.45, 7) is 0.551. The van der Waals surface area contributed by atoms with Crippen LogP contribution in [0.25, 0.3) is 0 Å². The van der Waals surface area contributed by atoms with Crippen molar-refractivity contribution in [3.63, 3.8) is 0 Å². The van der Waals surface area contributed by atoms with Crippen molar-refractivity contribution in [1.29, 1.82) is 0 Å². The lowest BCUT2D eigenvalue weighted by molar-refractivity contribution is -0.141. The number of halogens is 1. The topological polar surface area (TPSA) is 116 Å². The lowest BCUT2D eigenvalue weighted by Gasteiger charge is -2.41. The number of rotatable bonds is 5. The van der Waals surface area contributed by atoms with Crippen LogP contribution in [0, 0.1) is 11.7 Å². The maximum atomic E-state index is 13.4. The zero-order valence-corrected chi connectivity index (χ0v) is 19.9. The summed E-state index contributed by atoms with van der Waals surface area (Å²) in [5.41, 5.74) is 0. The molecular formula is C23H31FN4O5S. The number of benzene rings is 1. The molecule has 0 unspecified atom stereocenters. The number of nitrogens with zero attached hydrogens (tertiary/aromatic N) is 2. The molecular weight excluding hydrogens is 463 g/mol. The SMILES string of the molecule is O=C(N[C@@H]1CCCNC1=O)[C@H]1CN(C(=O)C2CCCCC2)CCN1S(=O)(=O)c1ccc(F)cc1. The molecule has 3 fully saturated rings. The first-order valence-electron chi connectivity index (χ1n) is 11.9. The highest BCUT2D eigenvalue weighted by atomic mass is 32.2. The monoisotopic (exact) mass is 494 g/mol. The molecule has 2 N–H and O–H groups in total. The van der Waals surface area contributed by atoms with Crippen LogP contribution in [0.4, 0.5) is 4.39 Å². The first kappa shape index (κ1) is 24.6. The van der Waals surface area contributed by atoms with E-state index in [9.17, 15) is 27.2 Å². The number of piperazine rings is 1. The van der Waals surface area contributed by atoms with E-state index < -0.39 is 33.8 Å². The van der Waals surface area contributed by atoms with Crippen LogP contribution in [0.3, 0.4) is 0 Å². The molecule has 2 aliphatic heterocycles. The van der Waals surface area contributed by atoms with Crippen LogP contribution < -0.4 is 10.6 Å². The van der Waals surface area contributed by atoms with E-state index in [4.69, 9.17) is 0 Å². The van der Waals surface area contributed by atoms with Crippen LogP contribution in [-0.4, -0.2) is 73.6 Å². The van der Waals surface area contributed by atoms with Crippen molar-refractivity contribution in [2.45, 2.75) is 61.9 Å². The number of amides is 3. The summed E-state index contributed by atoms with van der Waals surface area (Å²) in [7, 11) is -4.13. The predicted molar refractivity (Wildman–Crippen MR) is 121 cm³/mol. The quantitative estimate of drug-likeness (QED) is 0.634. The van der Waals surface area contributed by atoms with E-state index in [1.54, 1.807) is 4.90 Å². The van der Waals surface area contributed by atoms with Crippen molar-refractivity contribution >= 4 is 27.7 Å². The standard InChI is InChI=1S/C23H31FN4O5S/c24-17-8-10-18(11-9-17)34(32,33)28-14-13-27(23(31)16-5-2-1-3-6-16)15-20(28)22(30)26-19-7-4-12-25-21(19)29/h8-11,16,19-20H,1-7,12-15H2,(H,25,29)(H,26,30)/t19-,20-/m1/s1. The number of hydrogen-bond acceptors (Lipinski definition) is 5. The summed E-state index contributed by atoms with van der Waals surface area (Å²) in [4.78, 5) is 40.1. The third-order valence-electron chi connectivity index (χ3n) is 6.92. The highest BCUT2D eigenvalue weighted by Gasteiger charge is 2.43.